The molecule has 6 heteroatoms. The van der Waals surface area contributed by atoms with E-state index < -0.39 is 6.10 Å². The number of para-hydroxylation sites is 3. The highest BCUT2D eigenvalue weighted by Gasteiger charge is 2.31. The predicted octanol–water partition coefficient (Wildman–Crippen LogP) is 3.03. The number of hydrogen-bond donors (Lipinski definition) is 1. The number of benzene rings is 2. The highest BCUT2D eigenvalue weighted by atomic mass is 16.5. The van der Waals surface area contributed by atoms with Crippen LogP contribution >= 0.6 is 0 Å². The minimum absolute atomic E-state index is 0.110. The Kier molecular flexibility index (Phi) is 5.02. The predicted molar refractivity (Wildman–Crippen MR) is 98.6 cm³/mol. The van der Waals surface area contributed by atoms with E-state index in [0.29, 0.717) is 22.7 Å². The maximum Gasteiger partial charge on any atom is 0.267 e. The molecule has 1 heterocycles. The van der Waals surface area contributed by atoms with Gasteiger partial charge in [-0.15, -0.1) is 0 Å². The number of anilines is 2. The molecule has 26 heavy (non-hydrogen) atoms. The van der Waals surface area contributed by atoms with E-state index in [1.54, 1.807) is 48.2 Å². The normalized spacial score (nSPS) is 15.8. The van der Waals surface area contributed by atoms with Crippen LogP contribution in [0.15, 0.2) is 48.5 Å². The van der Waals surface area contributed by atoms with Gasteiger partial charge in [0.15, 0.2) is 11.9 Å². The van der Waals surface area contributed by atoms with Crippen LogP contribution in [0, 0.1) is 0 Å². The van der Waals surface area contributed by atoms with Crippen LogP contribution in [0.3, 0.4) is 0 Å². The molecule has 0 spiro atoms. The molecule has 2 aromatic carbocycles. The molecule has 0 aromatic heterocycles. The van der Waals surface area contributed by atoms with E-state index in [9.17, 15) is 14.4 Å². The summed E-state index contributed by atoms with van der Waals surface area (Å²) in [5, 5.41) is 2.75. The fourth-order valence-electron chi connectivity index (χ4n) is 2.91. The van der Waals surface area contributed by atoms with E-state index in [4.69, 9.17) is 4.74 Å². The standard InChI is InChI=1S/C20H20N2O4/c1-13(23)15-7-3-4-8-16(15)21-19(24)11-12-22-17-9-5-6-10-18(17)26-14(2)20(22)25/h3-10,14H,11-12H2,1-2H3,(H,21,24)/t14-/m1/s1. The zero-order valence-corrected chi connectivity index (χ0v) is 14.7. The summed E-state index contributed by atoms with van der Waals surface area (Å²) in [5.74, 6) is 0.0673. The second kappa shape index (κ2) is 7.39. The first-order valence-corrected chi connectivity index (χ1v) is 8.44. The Labute approximate surface area is 151 Å². The molecule has 2 amide bonds. The maximum absolute atomic E-state index is 12.4. The molecule has 3 rings (SSSR count). The molecule has 2 aromatic rings. The first-order valence-electron chi connectivity index (χ1n) is 8.44. The lowest BCUT2D eigenvalue weighted by atomic mass is 10.1. The summed E-state index contributed by atoms with van der Waals surface area (Å²) in [4.78, 5) is 38.0. The Hall–Kier alpha value is -3.15. The number of nitrogens with zero attached hydrogens (tertiary/aromatic N) is 1. The zero-order chi connectivity index (χ0) is 18.7. The van der Waals surface area contributed by atoms with Gasteiger partial charge in [0, 0.05) is 18.5 Å². The number of hydrogen-bond acceptors (Lipinski definition) is 4. The Bertz CT molecular complexity index is 862. The molecule has 1 atom stereocenters. The SMILES string of the molecule is CC(=O)c1ccccc1NC(=O)CCN1C(=O)[C@@H](C)Oc2ccccc21. The first-order chi connectivity index (χ1) is 12.5. The summed E-state index contributed by atoms with van der Waals surface area (Å²) in [6.45, 7) is 3.38. The van der Waals surface area contributed by atoms with Crippen LogP contribution in [0.5, 0.6) is 5.75 Å². The number of rotatable bonds is 5. The van der Waals surface area contributed by atoms with E-state index in [-0.39, 0.29) is 30.6 Å². The molecule has 0 saturated heterocycles. The van der Waals surface area contributed by atoms with Gasteiger partial charge in [0.25, 0.3) is 5.91 Å². The summed E-state index contributed by atoms with van der Waals surface area (Å²) >= 11 is 0. The van der Waals surface area contributed by atoms with Crippen molar-refractivity contribution in [3.63, 3.8) is 0 Å². The third-order valence-electron chi connectivity index (χ3n) is 4.22. The van der Waals surface area contributed by atoms with E-state index in [1.165, 1.54) is 6.92 Å². The van der Waals surface area contributed by atoms with Gasteiger partial charge in [0.05, 0.1) is 11.4 Å². The molecular weight excluding hydrogens is 332 g/mol. The van der Waals surface area contributed by atoms with Gasteiger partial charge in [0.2, 0.25) is 5.91 Å². The van der Waals surface area contributed by atoms with E-state index in [0.717, 1.165) is 0 Å². The smallest absolute Gasteiger partial charge is 0.267 e. The minimum atomic E-state index is -0.591. The average Bonchev–Trinajstić information content (AvgIpc) is 2.62. The molecule has 0 fully saturated rings. The summed E-state index contributed by atoms with van der Waals surface area (Å²) in [6, 6.07) is 14.1. The molecule has 0 bridgehead atoms. The zero-order valence-electron chi connectivity index (χ0n) is 14.7. The first kappa shape index (κ1) is 17.7. The summed E-state index contributed by atoms with van der Waals surface area (Å²) in [6.07, 6.45) is -0.481. The number of amides is 2. The Morgan fingerprint density at radius 3 is 2.58 bits per heavy atom. The van der Waals surface area contributed by atoms with Crippen LogP contribution in [-0.4, -0.2) is 30.2 Å². The topological polar surface area (TPSA) is 75.7 Å². The van der Waals surface area contributed by atoms with E-state index >= 15 is 0 Å². The van der Waals surface area contributed by atoms with Crippen molar-refractivity contribution >= 4 is 29.0 Å². The minimum Gasteiger partial charge on any atom is -0.479 e. The molecule has 1 aliphatic heterocycles. The van der Waals surface area contributed by atoms with Crippen LogP contribution in [0.25, 0.3) is 0 Å². The molecule has 0 unspecified atom stereocenters. The van der Waals surface area contributed by atoms with Gasteiger partial charge in [-0.3, -0.25) is 14.4 Å². The van der Waals surface area contributed by atoms with Gasteiger partial charge in [-0.2, -0.15) is 0 Å². The Morgan fingerprint density at radius 1 is 1.12 bits per heavy atom. The van der Waals surface area contributed by atoms with Crippen molar-refractivity contribution < 1.29 is 19.1 Å². The lowest BCUT2D eigenvalue weighted by molar-refractivity contribution is -0.125. The molecular formula is C20H20N2O4. The third-order valence-corrected chi connectivity index (χ3v) is 4.22. The molecule has 0 saturated carbocycles. The largest absolute Gasteiger partial charge is 0.479 e. The lowest BCUT2D eigenvalue weighted by Gasteiger charge is -2.32. The molecule has 1 N–H and O–H groups in total. The number of Topliss-reactive ketones (excluding diaryl/α,β-unsaturated/α-hetero) is 1. The average molecular weight is 352 g/mol. The number of ketones is 1. The summed E-state index contributed by atoms with van der Waals surface area (Å²) in [5.41, 5.74) is 1.60. The van der Waals surface area contributed by atoms with Gasteiger partial charge in [-0.25, -0.2) is 0 Å². The summed E-state index contributed by atoms with van der Waals surface area (Å²) < 4.78 is 5.59. The monoisotopic (exact) mass is 352 g/mol. The maximum atomic E-state index is 12.4. The van der Waals surface area contributed by atoms with Crippen LogP contribution < -0.4 is 15.0 Å². The highest BCUT2D eigenvalue weighted by molar-refractivity contribution is 6.04. The van der Waals surface area contributed by atoms with Crippen LogP contribution in [0.1, 0.15) is 30.6 Å². The van der Waals surface area contributed by atoms with Crippen molar-refractivity contribution in [2.45, 2.75) is 26.4 Å². The number of fused-ring (bicyclic) bond motifs is 1. The second-order valence-corrected chi connectivity index (χ2v) is 6.12. The van der Waals surface area contributed by atoms with Gasteiger partial charge < -0.3 is 15.0 Å². The van der Waals surface area contributed by atoms with Crippen molar-refractivity contribution in [2.24, 2.45) is 0 Å². The fourth-order valence-corrected chi connectivity index (χ4v) is 2.91. The van der Waals surface area contributed by atoms with Crippen molar-refractivity contribution in [1.29, 1.82) is 0 Å². The Morgan fingerprint density at radius 2 is 1.81 bits per heavy atom. The van der Waals surface area contributed by atoms with Crippen molar-refractivity contribution in [2.75, 3.05) is 16.8 Å². The summed E-state index contributed by atoms with van der Waals surface area (Å²) in [7, 11) is 0. The highest BCUT2D eigenvalue weighted by Crippen LogP contribution is 2.33. The molecule has 0 radical (unpaired) electrons. The van der Waals surface area contributed by atoms with Gasteiger partial charge >= 0.3 is 0 Å². The van der Waals surface area contributed by atoms with E-state index in [2.05, 4.69) is 5.32 Å². The molecule has 0 aliphatic carbocycles. The van der Waals surface area contributed by atoms with Gasteiger partial charge in [0.1, 0.15) is 5.75 Å². The number of nitrogens with one attached hydrogen (secondary N) is 1. The third kappa shape index (κ3) is 3.59. The number of ether oxygens (including phenoxy) is 1. The van der Waals surface area contributed by atoms with Crippen molar-refractivity contribution in [3.05, 3.63) is 54.1 Å². The molecule has 134 valence electrons. The van der Waals surface area contributed by atoms with Crippen LogP contribution in [0.2, 0.25) is 0 Å². The molecule has 1 aliphatic rings. The van der Waals surface area contributed by atoms with Gasteiger partial charge in [-0.05, 0) is 38.1 Å². The second-order valence-electron chi connectivity index (χ2n) is 6.12. The lowest BCUT2D eigenvalue weighted by Crippen LogP contribution is -2.45. The van der Waals surface area contributed by atoms with Crippen molar-refractivity contribution in [1.82, 2.24) is 0 Å². The van der Waals surface area contributed by atoms with Crippen LogP contribution in [-0.2, 0) is 9.59 Å². The number of carbonyl (C=O) groups excluding carboxylic acids is 3. The van der Waals surface area contributed by atoms with Gasteiger partial charge in [-0.1, -0.05) is 24.3 Å². The Balaban J connectivity index is 1.70. The van der Waals surface area contributed by atoms with Crippen LogP contribution in [0.4, 0.5) is 11.4 Å². The fraction of sp³-hybridized carbons (Fsp3) is 0.250. The van der Waals surface area contributed by atoms with Crippen molar-refractivity contribution in [3.8, 4) is 5.75 Å². The quantitative estimate of drug-likeness (QED) is 0.839. The van der Waals surface area contributed by atoms with E-state index in [1.807, 2.05) is 12.1 Å². The number of carbonyl (C=O) groups is 3. The molecule has 6 nitrogen and oxygen atoms in total.